The molecule has 1 aliphatic rings. The third-order valence-corrected chi connectivity index (χ3v) is 1.79. The lowest BCUT2D eigenvalue weighted by Gasteiger charge is -1.96. The maximum Gasteiger partial charge on any atom is 0.321 e. The summed E-state index contributed by atoms with van der Waals surface area (Å²) in [6.45, 7) is -0.452. The molecule has 1 saturated carbocycles. The maximum absolute atomic E-state index is 11.7. The topological polar surface area (TPSA) is 51.0 Å². The van der Waals surface area contributed by atoms with Crippen molar-refractivity contribution < 1.29 is 13.3 Å². The summed E-state index contributed by atoms with van der Waals surface area (Å²) >= 11 is 0. The van der Waals surface area contributed by atoms with E-state index in [-0.39, 0.29) is 6.01 Å². The van der Waals surface area contributed by atoms with Crippen molar-refractivity contribution in [2.24, 2.45) is 0 Å². The van der Waals surface area contributed by atoms with Gasteiger partial charge in [0.15, 0.2) is 5.82 Å². The van der Waals surface area contributed by atoms with E-state index in [0.717, 1.165) is 12.8 Å². The molecule has 6 heteroatoms. The molecule has 72 valence electrons. The molecule has 0 saturated heterocycles. The van der Waals surface area contributed by atoms with Crippen molar-refractivity contribution in [2.75, 3.05) is 11.9 Å². The summed E-state index contributed by atoms with van der Waals surface area (Å²) in [5.41, 5.74) is 0. The highest BCUT2D eigenvalue weighted by molar-refractivity contribution is 5.20. The largest absolute Gasteiger partial charge is 0.332 e. The van der Waals surface area contributed by atoms with Crippen LogP contribution in [0.2, 0.25) is 0 Å². The van der Waals surface area contributed by atoms with Crippen LogP contribution in [0.1, 0.15) is 24.6 Å². The Morgan fingerprint density at radius 1 is 1.54 bits per heavy atom. The molecule has 1 aromatic rings. The second-order valence-electron chi connectivity index (χ2n) is 3.00. The van der Waals surface area contributed by atoms with Crippen LogP contribution in [0.5, 0.6) is 0 Å². The number of rotatable bonds is 4. The molecular weight excluding hydrogens is 180 g/mol. The average Bonchev–Trinajstić information content (AvgIpc) is 2.83. The van der Waals surface area contributed by atoms with E-state index < -0.39 is 13.0 Å². The van der Waals surface area contributed by atoms with E-state index in [9.17, 15) is 8.78 Å². The van der Waals surface area contributed by atoms with Gasteiger partial charge in [-0.3, -0.25) is 0 Å². The summed E-state index contributed by atoms with van der Waals surface area (Å²) < 4.78 is 28.2. The van der Waals surface area contributed by atoms with Gasteiger partial charge in [-0.15, -0.1) is 0 Å². The standard InChI is InChI=1S/C7H9F2N3O/c8-5(9)3-10-7-11-6(12-13-7)4-1-2-4/h4-5H,1-3H2,(H,10,11,12). The van der Waals surface area contributed by atoms with E-state index in [2.05, 4.69) is 15.5 Å². The molecule has 0 amide bonds. The summed E-state index contributed by atoms with van der Waals surface area (Å²) in [5.74, 6) is 1.00. The molecule has 0 radical (unpaired) electrons. The Bertz CT molecular complexity index is 285. The number of alkyl halides is 2. The first-order valence-electron chi connectivity index (χ1n) is 4.11. The zero-order valence-electron chi connectivity index (χ0n) is 6.83. The van der Waals surface area contributed by atoms with Crippen molar-refractivity contribution in [1.82, 2.24) is 10.1 Å². The molecule has 0 atom stereocenters. The second-order valence-corrected chi connectivity index (χ2v) is 3.00. The van der Waals surface area contributed by atoms with Gasteiger partial charge in [-0.2, -0.15) is 4.98 Å². The lowest BCUT2D eigenvalue weighted by atomic mass is 10.4. The van der Waals surface area contributed by atoms with Crippen LogP contribution < -0.4 is 5.32 Å². The number of hydrogen-bond donors (Lipinski definition) is 1. The molecule has 2 rings (SSSR count). The molecule has 0 aromatic carbocycles. The molecule has 0 unspecified atom stereocenters. The van der Waals surface area contributed by atoms with Crippen molar-refractivity contribution >= 4 is 6.01 Å². The van der Waals surface area contributed by atoms with Gasteiger partial charge in [-0.1, -0.05) is 5.16 Å². The van der Waals surface area contributed by atoms with Gasteiger partial charge in [0, 0.05) is 5.92 Å². The van der Waals surface area contributed by atoms with Gasteiger partial charge in [0.1, 0.15) is 0 Å². The van der Waals surface area contributed by atoms with Gasteiger partial charge in [0.2, 0.25) is 0 Å². The molecule has 1 N–H and O–H groups in total. The third-order valence-electron chi connectivity index (χ3n) is 1.79. The number of nitrogens with zero attached hydrogens (tertiary/aromatic N) is 2. The highest BCUT2D eigenvalue weighted by Gasteiger charge is 2.28. The third kappa shape index (κ3) is 2.13. The minimum Gasteiger partial charge on any atom is -0.332 e. The van der Waals surface area contributed by atoms with Crippen molar-refractivity contribution in [1.29, 1.82) is 0 Å². The van der Waals surface area contributed by atoms with Gasteiger partial charge in [0.25, 0.3) is 6.43 Å². The van der Waals surface area contributed by atoms with Crippen LogP contribution in [-0.2, 0) is 0 Å². The van der Waals surface area contributed by atoms with E-state index in [0.29, 0.717) is 11.7 Å². The minimum atomic E-state index is -2.41. The monoisotopic (exact) mass is 189 g/mol. The second kappa shape index (κ2) is 3.27. The van der Waals surface area contributed by atoms with E-state index in [1.807, 2.05) is 0 Å². The van der Waals surface area contributed by atoms with E-state index in [1.54, 1.807) is 0 Å². The summed E-state index contributed by atoms with van der Waals surface area (Å²) in [5, 5.41) is 6.02. The fraction of sp³-hybridized carbons (Fsp3) is 0.714. The number of nitrogens with one attached hydrogen (secondary N) is 1. The predicted octanol–water partition coefficient (Wildman–Crippen LogP) is 1.62. The molecule has 1 fully saturated rings. The Morgan fingerprint density at radius 2 is 2.31 bits per heavy atom. The molecular formula is C7H9F2N3O. The first kappa shape index (κ1) is 8.40. The molecule has 1 heterocycles. The Morgan fingerprint density at radius 3 is 2.92 bits per heavy atom. The van der Waals surface area contributed by atoms with Crippen molar-refractivity contribution in [3.8, 4) is 0 Å². The lowest BCUT2D eigenvalue weighted by molar-refractivity contribution is 0.162. The van der Waals surface area contributed by atoms with Crippen LogP contribution in [0.15, 0.2) is 4.52 Å². The molecule has 0 spiro atoms. The molecule has 0 aliphatic heterocycles. The van der Waals surface area contributed by atoms with Gasteiger partial charge in [0.05, 0.1) is 6.54 Å². The van der Waals surface area contributed by atoms with Gasteiger partial charge in [-0.05, 0) is 12.8 Å². The predicted molar refractivity (Wildman–Crippen MR) is 40.8 cm³/mol. The van der Waals surface area contributed by atoms with Gasteiger partial charge >= 0.3 is 6.01 Å². The summed E-state index contributed by atoms with van der Waals surface area (Å²) in [6, 6.07) is 0.0854. The SMILES string of the molecule is FC(F)CNc1nc(C2CC2)no1. The number of anilines is 1. The first-order chi connectivity index (χ1) is 6.25. The van der Waals surface area contributed by atoms with Crippen molar-refractivity contribution in [3.05, 3.63) is 5.82 Å². The molecule has 13 heavy (non-hydrogen) atoms. The van der Waals surface area contributed by atoms with Crippen LogP contribution in [0, 0.1) is 0 Å². The first-order valence-corrected chi connectivity index (χ1v) is 4.11. The fourth-order valence-corrected chi connectivity index (χ4v) is 0.978. The Hall–Kier alpha value is -1.20. The number of aromatic nitrogens is 2. The van der Waals surface area contributed by atoms with E-state index >= 15 is 0 Å². The van der Waals surface area contributed by atoms with Crippen LogP contribution in [0.25, 0.3) is 0 Å². The van der Waals surface area contributed by atoms with Gasteiger partial charge < -0.3 is 9.84 Å². The van der Waals surface area contributed by atoms with Crippen LogP contribution in [0.4, 0.5) is 14.8 Å². The Balaban J connectivity index is 1.89. The molecule has 1 aliphatic carbocycles. The zero-order valence-corrected chi connectivity index (χ0v) is 6.83. The van der Waals surface area contributed by atoms with Gasteiger partial charge in [-0.25, -0.2) is 8.78 Å². The lowest BCUT2D eigenvalue weighted by Crippen LogP contribution is -2.10. The highest BCUT2D eigenvalue weighted by atomic mass is 19.3. The maximum atomic E-state index is 11.7. The zero-order chi connectivity index (χ0) is 9.26. The average molecular weight is 189 g/mol. The summed E-state index contributed by atoms with van der Waals surface area (Å²) in [7, 11) is 0. The van der Waals surface area contributed by atoms with Crippen LogP contribution >= 0.6 is 0 Å². The van der Waals surface area contributed by atoms with Crippen molar-refractivity contribution in [2.45, 2.75) is 25.2 Å². The summed E-state index contributed by atoms with van der Waals surface area (Å²) in [6.07, 6.45) is -0.280. The van der Waals surface area contributed by atoms with Crippen LogP contribution in [-0.4, -0.2) is 23.1 Å². The van der Waals surface area contributed by atoms with E-state index in [1.165, 1.54) is 0 Å². The Kier molecular flexibility index (Phi) is 2.12. The summed E-state index contributed by atoms with van der Waals surface area (Å²) in [4.78, 5) is 3.92. The normalized spacial score (nSPS) is 16.5. The quantitative estimate of drug-likeness (QED) is 0.781. The van der Waals surface area contributed by atoms with Crippen molar-refractivity contribution in [3.63, 3.8) is 0 Å². The number of halogens is 2. The minimum absolute atomic E-state index is 0.0854. The number of hydrogen-bond acceptors (Lipinski definition) is 4. The van der Waals surface area contributed by atoms with E-state index in [4.69, 9.17) is 4.52 Å². The highest BCUT2D eigenvalue weighted by Crippen LogP contribution is 2.38. The fourth-order valence-electron chi connectivity index (χ4n) is 0.978. The smallest absolute Gasteiger partial charge is 0.321 e. The Labute approximate surface area is 73.3 Å². The molecule has 1 aromatic heterocycles. The molecule has 0 bridgehead atoms. The van der Waals surface area contributed by atoms with Crippen LogP contribution in [0.3, 0.4) is 0 Å². The molecule has 4 nitrogen and oxygen atoms in total.